The first-order valence-corrected chi connectivity index (χ1v) is 9.69. The third-order valence-corrected chi connectivity index (χ3v) is 5.01. The van der Waals surface area contributed by atoms with Gasteiger partial charge in [-0.15, -0.1) is 0 Å². The zero-order valence-corrected chi connectivity index (χ0v) is 17.1. The molecule has 6 heteroatoms. The van der Waals surface area contributed by atoms with Gasteiger partial charge in [0.1, 0.15) is 0 Å². The van der Waals surface area contributed by atoms with Gasteiger partial charge in [0.05, 0.1) is 5.69 Å². The summed E-state index contributed by atoms with van der Waals surface area (Å²) in [7, 11) is 1.66. The second-order valence-corrected chi connectivity index (χ2v) is 7.02. The van der Waals surface area contributed by atoms with E-state index >= 15 is 0 Å². The molecule has 1 N–H and O–H groups in total. The molecule has 3 aromatic rings. The maximum absolute atomic E-state index is 12.1. The molecule has 2 aromatic heterocycles. The van der Waals surface area contributed by atoms with E-state index in [2.05, 4.69) is 24.4 Å². The fraction of sp³-hybridized carbons (Fsp3) is 0.409. The van der Waals surface area contributed by atoms with E-state index in [1.54, 1.807) is 7.11 Å². The van der Waals surface area contributed by atoms with Gasteiger partial charge in [-0.3, -0.25) is 4.79 Å². The summed E-state index contributed by atoms with van der Waals surface area (Å²) in [4.78, 5) is 17.0. The van der Waals surface area contributed by atoms with Crippen molar-refractivity contribution in [1.82, 2.24) is 19.9 Å². The quantitative estimate of drug-likeness (QED) is 0.608. The Balaban J connectivity index is 1.83. The molecule has 0 unspecified atom stereocenters. The lowest BCUT2D eigenvalue weighted by Crippen LogP contribution is -2.25. The largest absolute Gasteiger partial charge is 0.385 e. The van der Waals surface area contributed by atoms with Crippen molar-refractivity contribution in [3.05, 3.63) is 53.0 Å². The summed E-state index contributed by atoms with van der Waals surface area (Å²) in [5, 5.41) is 7.66. The average molecular weight is 380 g/mol. The number of nitrogens with one attached hydrogen (secondary N) is 1. The second-order valence-electron chi connectivity index (χ2n) is 7.02. The Bertz CT molecular complexity index is 964. The third-order valence-electron chi connectivity index (χ3n) is 5.01. The van der Waals surface area contributed by atoms with Crippen LogP contribution >= 0.6 is 0 Å². The maximum atomic E-state index is 12.1. The van der Waals surface area contributed by atoms with Crippen LogP contribution in [0.5, 0.6) is 0 Å². The van der Waals surface area contributed by atoms with Crippen molar-refractivity contribution in [2.24, 2.45) is 0 Å². The average Bonchev–Trinajstić information content (AvgIpc) is 3.02. The number of carbonyl (C=O) groups excluding carboxylic acids is 1. The highest BCUT2D eigenvalue weighted by Crippen LogP contribution is 2.29. The van der Waals surface area contributed by atoms with Crippen LogP contribution in [0.1, 0.15) is 35.5 Å². The molecule has 148 valence electrons. The number of nitrogens with zero attached hydrogens (tertiary/aromatic N) is 3. The zero-order chi connectivity index (χ0) is 20.1. The van der Waals surface area contributed by atoms with Crippen LogP contribution < -0.4 is 5.32 Å². The van der Waals surface area contributed by atoms with Gasteiger partial charge in [-0.2, -0.15) is 5.10 Å². The molecular formula is C22H28N4O2. The van der Waals surface area contributed by atoms with Gasteiger partial charge in [-0.1, -0.05) is 30.3 Å². The van der Waals surface area contributed by atoms with Crippen molar-refractivity contribution >= 4 is 11.6 Å². The van der Waals surface area contributed by atoms with Crippen LogP contribution in [0.3, 0.4) is 0 Å². The number of aryl methyl sites for hydroxylation is 3. The first kappa shape index (κ1) is 20.0. The van der Waals surface area contributed by atoms with Gasteiger partial charge < -0.3 is 10.1 Å². The molecule has 28 heavy (non-hydrogen) atoms. The summed E-state index contributed by atoms with van der Waals surface area (Å²) in [6.45, 7) is 7.37. The highest BCUT2D eigenvalue weighted by Gasteiger charge is 2.18. The molecule has 0 aliphatic heterocycles. The van der Waals surface area contributed by atoms with Crippen LogP contribution in [0.2, 0.25) is 0 Å². The number of hydrogen-bond acceptors (Lipinski definition) is 4. The fourth-order valence-corrected chi connectivity index (χ4v) is 3.54. The lowest BCUT2D eigenvalue weighted by molar-refractivity contribution is -0.121. The fourth-order valence-electron chi connectivity index (χ4n) is 3.54. The summed E-state index contributed by atoms with van der Waals surface area (Å²) in [5.74, 6) is 0.0524. The predicted molar refractivity (Wildman–Crippen MR) is 110 cm³/mol. The van der Waals surface area contributed by atoms with Gasteiger partial charge in [0, 0.05) is 43.6 Å². The molecule has 0 saturated heterocycles. The van der Waals surface area contributed by atoms with E-state index in [0.717, 1.165) is 45.8 Å². The molecule has 0 saturated carbocycles. The highest BCUT2D eigenvalue weighted by molar-refractivity contribution is 5.80. The van der Waals surface area contributed by atoms with Crippen LogP contribution in [0, 0.1) is 20.8 Å². The Morgan fingerprint density at radius 1 is 1.14 bits per heavy atom. The molecule has 0 aliphatic rings. The van der Waals surface area contributed by atoms with Crippen LogP contribution in [0.15, 0.2) is 30.3 Å². The monoisotopic (exact) mass is 380 g/mol. The number of fused-ring (bicyclic) bond motifs is 1. The van der Waals surface area contributed by atoms with Gasteiger partial charge >= 0.3 is 0 Å². The first-order valence-electron chi connectivity index (χ1n) is 9.69. The highest BCUT2D eigenvalue weighted by atomic mass is 16.5. The molecule has 1 aromatic carbocycles. The molecule has 3 rings (SSSR count). The summed E-state index contributed by atoms with van der Waals surface area (Å²) >= 11 is 0. The molecule has 2 heterocycles. The summed E-state index contributed by atoms with van der Waals surface area (Å²) in [6.07, 6.45) is 1.91. The van der Waals surface area contributed by atoms with Crippen molar-refractivity contribution in [3.8, 4) is 11.1 Å². The first-order chi connectivity index (χ1) is 13.5. The minimum absolute atomic E-state index is 0.0524. The standard InChI is InChI=1S/C22H28N4O2/c1-15-19(11-12-20(27)23-13-8-14-28-4)17(3)26-22(24-15)21(16(2)25-26)18-9-6-5-7-10-18/h5-7,9-10H,8,11-14H2,1-4H3,(H,23,27). The van der Waals surface area contributed by atoms with E-state index in [0.29, 0.717) is 26.0 Å². The van der Waals surface area contributed by atoms with E-state index in [9.17, 15) is 4.79 Å². The van der Waals surface area contributed by atoms with Crippen molar-refractivity contribution in [3.63, 3.8) is 0 Å². The third kappa shape index (κ3) is 4.22. The lowest BCUT2D eigenvalue weighted by atomic mass is 10.0. The van der Waals surface area contributed by atoms with Gasteiger partial charge in [-0.25, -0.2) is 9.50 Å². The normalized spacial score (nSPS) is 11.1. The Hall–Kier alpha value is -2.73. The molecular weight excluding hydrogens is 352 g/mol. The number of benzene rings is 1. The van der Waals surface area contributed by atoms with Crippen molar-refractivity contribution in [2.75, 3.05) is 20.3 Å². The Labute approximate surface area is 165 Å². The smallest absolute Gasteiger partial charge is 0.220 e. The second kappa shape index (κ2) is 8.97. The molecule has 0 fully saturated rings. The van der Waals surface area contributed by atoms with Crippen molar-refractivity contribution in [1.29, 1.82) is 0 Å². The molecule has 0 radical (unpaired) electrons. The van der Waals surface area contributed by atoms with E-state index in [4.69, 9.17) is 14.8 Å². The summed E-state index contributed by atoms with van der Waals surface area (Å²) in [5.41, 5.74) is 7.08. The Kier molecular flexibility index (Phi) is 6.41. The van der Waals surface area contributed by atoms with Gasteiger partial charge in [0.15, 0.2) is 5.65 Å². The molecule has 0 atom stereocenters. The van der Waals surface area contributed by atoms with E-state index in [-0.39, 0.29) is 5.91 Å². The summed E-state index contributed by atoms with van der Waals surface area (Å²) in [6, 6.07) is 10.2. The topological polar surface area (TPSA) is 68.5 Å². The predicted octanol–water partition coefficient (Wildman–Crippen LogP) is 3.41. The maximum Gasteiger partial charge on any atom is 0.220 e. The number of hydrogen-bond donors (Lipinski definition) is 1. The molecule has 0 bridgehead atoms. The summed E-state index contributed by atoms with van der Waals surface area (Å²) < 4.78 is 6.91. The van der Waals surface area contributed by atoms with Gasteiger partial charge in [-0.05, 0) is 44.7 Å². The van der Waals surface area contributed by atoms with E-state index in [1.165, 1.54) is 0 Å². The SMILES string of the molecule is COCCCNC(=O)CCc1c(C)nc2c(-c3ccccc3)c(C)nn2c1C. The number of rotatable bonds is 8. The molecule has 6 nitrogen and oxygen atoms in total. The van der Waals surface area contributed by atoms with Gasteiger partial charge in [0.25, 0.3) is 0 Å². The number of ether oxygens (including phenoxy) is 1. The van der Waals surface area contributed by atoms with Crippen LogP contribution in [0.4, 0.5) is 0 Å². The Morgan fingerprint density at radius 2 is 1.89 bits per heavy atom. The van der Waals surface area contributed by atoms with Gasteiger partial charge in [0.2, 0.25) is 5.91 Å². The number of carbonyl (C=O) groups is 1. The van der Waals surface area contributed by atoms with Crippen LogP contribution in [-0.2, 0) is 16.0 Å². The van der Waals surface area contributed by atoms with E-state index < -0.39 is 0 Å². The molecule has 0 aliphatic carbocycles. The van der Waals surface area contributed by atoms with E-state index in [1.807, 2.05) is 36.6 Å². The van der Waals surface area contributed by atoms with Crippen LogP contribution in [-0.4, -0.2) is 40.8 Å². The Morgan fingerprint density at radius 3 is 2.61 bits per heavy atom. The number of amides is 1. The number of methoxy groups -OCH3 is 1. The zero-order valence-electron chi connectivity index (χ0n) is 17.1. The lowest BCUT2D eigenvalue weighted by Gasteiger charge is -2.12. The van der Waals surface area contributed by atoms with Crippen molar-refractivity contribution < 1.29 is 9.53 Å². The van der Waals surface area contributed by atoms with Crippen LogP contribution in [0.25, 0.3) is 16.8 Å². The molecule has 1 amide bonds. The minimum Gasteiger partial charge on any atom is -0.385 e. The molecule has 0 spiro atoms. The van der Waals surface area contributed by atoms with Crippen molar-refractivity contribution in [2.45, 2.75) is 40.0 Å². The minimum atomic E-state index is 0.0524. The number of aromatic nitrogens is 3.